The van der Waals surface area contributed by atoms with Crippen molar-refractivity contribution in [1.82, 2.24) is 10.2 Å². The molecule has 116 valence electrons. The molecule has 2 heteroatoms. The fourth-order valence-corrected chi connectivity index (χ4v) is 1.98. The molecular weight excluding hydrogens is 244 g/mol. The minimum atomic E-state index is 0.543. The molecule has 1 aromatic carbocycles. The maximum absolute atomic E-state index is 3.44. The molecule has 0 aliphatic heterocycles. The van der Waals surface area contributed by atoms with Gasteiger partial charge in [0.15, 0.2) is 0 Å². The summed E-state index contributed by atoms with van der Waals surface area (Å²) in [4.78, 5) is 2.47. The third-order valence-electron chi connectivity index (χ3n) is 3.26. The second-order valence-electron chi connectivity index (χ2n) is 5.51. The molecule has 20 heavy (non-hydrogen) atoms. The third-order valence-corrected chi connectivity index (χ3v) is 3.26. The summed E-state index contributed by atoms with van der Waals surface area (Å²) in [6, 6.07) is 10.1. The summed E-state index contributed by atoms with van der Waals surface area (Å²) in [5, 5.41) is 3.44. The molecular formula is C18H34N2. The maximum atomic E-state index is 3.44. The van der Waals surface area contributed by atoms with Crippen LogP contribution in [0.3, 0.4) is 0 Å². The normalized spacial score (nSPS) is 10.9. The molecule has 0 unspecified atom stereocenters. The molecule has 0 heterocycles. The van der Waals surface area contributed by atoms with Gasteiger partial charge in [-0.3, -0.25) is 4.90 Å². The van der Waals surface area contributed by atoms with Gasteiger partial charge >= 0.3 is 0 Å². The van der Waals surface area contributed by atoms with Crippen LogP contribution in [-0.2, 0) is 13.1 Å². The zero-order chi connectivity index (χ0) is 15.5. The first-order valence-electron chi connectivity index (χ1n) is 8.08. The molecule has 0 aliphatic carbocycles. The Morgan fingerprint density at radius 2 is 1.45 bits per heavy atom. The first kappa shape index (κ1) is 19.1. The van der Waals surface area contributed by atoms with E-state index in [-0.39, 0.29) is 0 Å². The van der Waals surface area contributed by atoms with Crippen molar-refractivity contribution in [3.8, 4) is 0 Å². The van der Waals surface area contributed by atoms with E-state index in [1.165, 1.54) is 11.1 Å². The fraction of sp³-hybridized carbons (Fsp3) is 0.667. The average molecular weight is 278 g/mol. The summed E-state index contributed by atoms with van der Waals surface area (Å²) in [5.41, 5.74) is 2.76. The van der Waals surface area contributed by atoms with Gasteiger partial charge in [-0.15, -0.1) is 0 Å². The Bertz CT molecular complexity index is 328. The Morgan fingerprint density at radius 1 is 0.950 bits per heavy atom. The predicted octanol–water partition coefficient (Wildman–Crippen LogP) is 4.44. The first-order chi connectivity index (χ1) is 9.52. The highest BCUT2D eigenvalue weighted by molar-refractivity contribution is 5.22. The molecule has 0 bridgehead atoms. The van der Waals surface area contributed by atoms with Crippen LogP contribution < -0.4 is 5.32 Å². The Labute approximate surface area is 126 Å². The molecule has 1 rings (SSSR count). The third kappa shape index (κ3) is 7.66. The molecule has 0 radical (unpaired) electrons. The van der Waals surface area contributed by atoms with E-state index in [0.717, 1.165) is 19.6 Å². The maximum Gasteiger partial charge on any atom is 0.0236 e. The van der Waals surface area contributed by atoms with Gasteiger partial charge in [0.05, 0.1) is 0 Å². The molecule has 0 fully saturated rings. The van der Waals surface area contributed by atoms with Crippen molar-refractivity contribution >= 4 is 0 Å². The van der Waals surface area contributed by atoms with E-state index in [9.17, 15) is 0 Å². The summed E-state index contributed by atoms with van der Waals surface area (Å²) in [6.45, 7) is 18.2. The second-order valence-corrected chi connectivity index (χ2v) is 5.51. The summed E-state index contributed by atoms with van der Waals surface area (Å²) in [7, 11) is 0. The fourth-order valence-electron chi connectivity index (χ4n) is 1.98. The summed E-state index contributed by atoms with van der Waals surface area (Å²) >= 11 is 0. The SMILES string of the molecule is CC.CCN(Cc1ccc(CNC(C)C)cc1)C(C)C. The van der Waals surface area contributed by atoms with Crippen LogP contribution in [0.25, 0.3) is 0 Å². The standard InChI is InChI=1S/C16H28N2.C2H6/c1-6-18(14(4)5)12-16-9-7-15(8-10-16)11-17-13(2)3;1-2/h7-10,13-14,17H,6,11-12H2,1-5H3;1-2H3. The van der Waals surface area contributed by atoms with Crippen molar-refractivity contribution < 1.29 is 0 Å². The van der Waals surface area contributed by atoms with Crippen molar-refractivity contribution in [2.24, 2.45) is 0 Å². The van der Waals surface area contributed by atoms with Gasteiger partial charge in [0.1, 0.15) is 0 Å². The van der Waals surface area contributed by atoms with Crippen LogP contribution >= 0.6 is 0 Å². The number of hydrogen-bond acceptors (Lipinski definition) is 2. The van der Waals surface area contributed by atoms with Crippen molar-refractivity contribution in [3.05, 3.63) is 35.4 Å². The average Bonchev–Trinajstić information content (AvgIpc) is 2.45. The van der Waals surface area contributed by atoms with Crippen LogP contribution in [0.15, 0.2) is 24.3 Å². The van der Waals surface area contributed by atoms with Gasteiger partial charge in [-0.2, -0.15) is 0 Å². The Morgan fingerprint density at radius 3 is 1.85 bits per heavy atom. The first-order valence-corrected chi connectivity index (χ1v) is 8.08. The molecule has 1 aromatic rings. The van der Waals surface area contributed by atoms with Crippen LogP contribution in [0.4, 0.5) is 0 Å². The zero-order valence-electron chi connectivity index (χ0n) is 14.5. The zero-order valence-corrected chi connectivity index (χ0v) is 14.5. The lowest BCUT2D eigenvalue weighted by Crippen LogP contribution is -2.29. The molecule has 0 saturated heterocycles. The molecule has 0 aliphatic rings. The van der Waals surface area contributed by atoms with E-state index in [4.69, 9.17) is 0 Å². The van der Waals surface area contributed by atoms with Crippen molar-refractivity contribution in [2.45, 2.75) is 73.6 Å². The lowest BCUT2D eigenvalue weighted by atomic mass is 10.1. The molecule has 0 spiro atoms. The molecule has 0 aromatic heterocycles. The number of nitrogens with zero attached hydrogens (tertiary/aromatic N) is 1. The van der Waals surface area contributed by atoms with Gasteiger partial charge in [0, 0.05) is 25.2 Å². The summed E-state index contributed by atoms with van der Waals surface area (Å²) in [6.07, 6.45) is 0. The monoisotopic (exact) mass is 278 g/mol. The largest absolute Gasteiger partial charge is 0.310 e. The number of rotatable bonds is 7. The Hall–Kier alpha value is -0.860. The quantitative estimate of drug-likeness (QED) is 0.793. The van der Waals surface area contributed by atoms with Gasteiger partial charge in [-0.05, 0) is 31.5 Å². The molecule has 0 amide bonds. The van der Waals surface area contributed by atoms with Gasteiger partial charge in [0.2, 0.25) is 0 Å². The summed E-state index contributed by atoms with van der Waals surface area (Å²) < 4.78 is 0. The lowest BCUT2D eigenvalue weighted by Gasteiger charge is -2.24. The molecule has 0 saturated carbocycles. The van der Waals surface area contributed by atoms with Crippen LogP contribution in [0.2, 0.25) is 0 Å². The topological polar surface area (TPSA) is 15.3 Å². The van der Waals surface area contributed by atoms with Crippen LogP contribution in [0.1, 0.15) is 59.6 Å². The van der Waals surface area contributed by atoms with Crippen molar-refractivity contribution in [2.75, 3.05) is 6.54 Å². The second kappa shape index (κ2) is 10.9. The number of nitrogens with one attached hydrogen (secondary N) is 1. The van der Waals surface area contributed by atoms with Crippen LogP contribution in [0, 0.1) is 0 Å². The molecule has 0 atom stereocenters. The van der Waals surface area contributed by atoms with Crippen LogP contribution in [-0.4, -0.2) is 23.5 Å². The van der Waals surface area contributed by atoms with E-state index in [2.05, 4.69) is 69.1 Å². The van der Waals surface area contributed by atoms with Gasteiger partial charge in [-0.25, -0.2) is 0 Å². The van der Waals surface area contributed by atoms with E-state index in [0.29, 0.717) is 12.1 Å². The van der Waals surface area contributed by atoms with E-state index >= 15 is 0 Å². The van der Waals surface area contributed by atoms with Gasteiger partial charge in [0.25, 0.3) is 0 Å². The predicted molar refractivity (Wildman–Crippen MR) is 91.0 cm³/mol. The van der Waals surface area contributed by atoms with E-state index in [1.54, 1.807) is 0 Å². The smallest absolute Gasteiger partial charge is 0.0236 e. The van der Waals surface area contributed by atoms with Gasteiger partial charge in [-0.1, -0.05) is 58.9 Å². The summed E-state index contributed by atoms with van der Waals surface area (Å²) in [5.74, 6) is 0. The van der Waals surface area contributed by atoms with E-state index < -0.39 is 0 Å². The number of benzene rings is 1. The Balaban J connectivity index is 0.00000172. The number of hydrogen-bond donors (Lipinski definition) is 1. The molecule has 2 nitrogen and oxygen atoms in total. The lowest BCUT2D eigenvalue weighted by molar-refractivity contribution is 0.225. The minimum Gasteiger partial charge on any atom is -0.310 e. The Kier molecular flexibility index (Phi) is 10.4. The molecule has 1 N–H and O–H groups in total. The van der Waals surface area contributed by atoms with Gasteiger partial charge < -0.3 is 5.32 Å². The van der Waals surface area contributed by atoms with Crippen molar-refractivity contribution in [1.29, 1.82) is 0 Å². The highest BCUT2D eigenvalue weighted by atomic mass is 15.1. The van der Waals surface area contributed by atoms with Crippen LogP contribution in [0.5, 0.6) is 0 Å². The minimum absolute atomic E-state index is 0.543. The highest BCUT2D eigenvalue weighted by Gasteiger charge is 2.07. The van der Waals surface area contributed by atoms with E-state index in [1.807, 2.05) is 13.8 Å². The highest BCUT2D eigenvalue weighted by Crippen LogP contribution is 2.10. The van der Waals surface area contributed by atoms with Crippen molar-refractivity contribution in [3.63, 3.8) is 0 Å².